The number of fused-ring (bicyclic) bond motifs is 1. The van der Waals surface area contributed by atoms with Crippen molar-refractivity contribution in [3.63, 3.8) is 0 Å². The van der Waals surface area contributed by atoms with Crippen LogP contribution < -0.4 is 10.6 Å². The summed E-state index contributed by atoms with van der Waals surface area (Å²) < 4.78 is 5.69. The van der Waals surface area contributed by atoms with Gasteiger partial charge in [-0.2, -0.15) is 0 Å². The number of aromatic nitrogens is 4. The van der Waals surface area contributed by atoms with E-state index in [9.17, 15) is 9.59 Å². The predicted octanol–water partition coefficient (Wildman–Crippen LogP) is 7.48. The van der Waals surface area contributed by atoms with E-state index in [-0.39, 0.29) is 11.3 Å². The molecule has 1 aliphatic heterocycles. The van der Waals surface area contributed by atoms with Crippen molar-refractivity contribution >= 4 is 34.4 Å². The maximum absolute atomic E-state index is 13.9. The van der Waals surface area contributed by atoms with E-state index in [4.69, 9.17) is 14.7 Å². The predicted molar refractivity (Wildman–Crippen MR) is 186 cm³/mol. The summed E-state index contributed by atoms with van der Waals surface area (Å²) in [6.45, 7) is 6.48. The highest BCUT2D eigenvalue weighted by Gasteiger charge is 2.56. The van der Waals surface area contributed by atoms with E-state index in [0.29, 0.717) is 36.0 Å². The molecule has 7 rings (SSSR count). The van der Waals surface area contributed by atoms with Gasteiger partial charge in [-0.3, -0.25) is 19.7 Å². The second-order valence-corrected chi connectivity index (χ2v) is 13.6. The summed E-state index contributed by atoms with van der Waals surface area (Å²) in [6, 6.07) is 23.2. The molecular weight excluding hydrogens is 602 g/mol. The zero-order valence-electron chi connectivity index (χ0n) is 27.4. The number of nitrogens with one attached hydrogen (secondary N) is 2. The van der Waals surface area contributed by atoms with Gasteiger partial charge in [-0.15, -0.1) is 0 Å². The number of carbonyl (C=O) groups excluding carboxylic acids is 2. The maximum Gasteiger partial charge on any atom is 0.410 e. The van der Waals surface area contributed by atoms with E-state index in [1.807, 2.05) is 75.4 Å². The zero-order chi connectivity index (χ0) is 33.3. The standard InChI is InChI=1S/C38H39N7O3/c1-37(2,3)48-36(47)45-20-18-38(16-10-17-38)32(45)35(46)42-28-21-26(22-39-23-28)33-43-30-15-9-14-29(25-11-5-4-6-12-25)31(30)34(44-33)41-24-27-13-7-8-19-40-27/h4-9,11-15,19,21-23,32H,10,16-18,20,24H2,1-3H3,(H,42,46)(H,41,43,44)/t32-/m1/s1. The van der Waals surface area contributed by atoms with Gasteiger partial charge >= 0.3 is 6.09 Å². The highest BCUT2D eigenvalue weighted by Crippen LogP contribution is 2.53. The summed E-state index contributed by atoms with van der Waals surface area (Å²) in [5, 5.41) is 7.47. The highest BCUT2D eigenvalue weighted by molar-refractivity contribution is 6.03. The molecular formula is C38H39N7O3. The number of nitrogens with zero attached hydrogens (tertiary/aromatic N) is 5. The molecule has 4 heterocycles. The molecule has 0 bridgehead atoms. The summed E-state index contributed by atoms with van der Waals surface area (Å²) in [5.74, 6) is 0.897. The first-order chi connectivity index (χ1) is 23.2. The number of ether oxygens (including phenoxy) is 1. The lowest BCUT2D eigenvalue weighted by molar-refractivity contribution is -0.125. The first kappa shape index (κ1) is 31.2. The van der Waals surface area contributed by atoms with Crippen LogP contribution in [0.1, 0.15) is 52.1 Å². The van der Waals surface area contributed by atoms with E-state index in [1.165, 1.54) is 0 Å². The number of anilines is 2. The largest absolute Gasteiger partial charge is 0.444 e. The minimum absolute atomic E-state index is 0.224. The number of hydrogen-bond donors (Lipinski definition) is 2. The van der Waals surface area contributed by atoms with Gasteiger partial charge in [-0.1, -0.05) is 55.0 Å². The molecule has 48 heavy (non-hydrogen) atoms. The van der Waals surface area contributed by atoms with Crippen molar-refractivity contribution in [2.24, 2.45) is 5.41 Å². The van der Waals surface area contributed by atoms with Gasteiger partial charge in [0, 0.05) is 29.9 Å². The van der Waals surface area contributed by atoms with Gasteiger partial charge in [0.05, 0.1) is 35.0 Å². The summed E-state index contributed by atoms with van der Waals surface area (Å²) in [5.41, 5.74) is 4.00. The molecule has 2 aromatic carbocycles. The van der Waals surface area contributed by atoms with Gasteiger partial charge in [0.1, 0.15) is 17.5 Å². The van der Waals surface area contributed by atoms with Gasteiger partial charge < -0.3 is 15.4 Å². The summed E-state index contributed by atoms with van der Waals surface area (Å²) in [4.78, 5) is 47.6. The van der Waals surface area contributed by atoms with Crippen molar-refractivity contribution in [3.05, 3.63) is 97.1 Å². The number of rotatable bonds is 7. The molecule has 0 unspecified atom stereocenters. The summed E-state index contributed by atoms with van der Waals surface area (Å²) in [6.07, 6.45) is 8.26. The number of benzene rings is 2. The second-order valence-electron chi connectivity index (χ2n) is 13.6. The van der Waals surface area contributed by atoms with Gasteiger partial charge in [-0.25, -0.2) is 14.8 Å². The Morgan fingerprint density at radius 1 is 0.938 bits per heavy atom. The maximum atomic E-state index is 13.9. The first-order valence-corrected chi connectivity index (χ1v) is 16.5. The molecule has 1 aliphatic carbocycles. The molecule has 2 N–H and O–H groups in total. The average molecular weight is 642 g/mol. The number of amides is 2. The fraction of sp³-hybridized carbons (Fsp3) is 0.316. The Hall–Kier alpha value is -5.38. The van der Waals surface area contributed by atoms with Crippen LogP contribution in [0.3, 0.4) is 0 Å². The number of carbonyl (C=O) groups is 2. The first-order valence-electron chi connectivity index (χ1n) is 16.5. The van der Waals surface area contributed by atoms with Crippen LogP contribution in [0.15, 0.2) is 91.4 Å². The quantitative estimate of drug-likeness (QED) is 0.188. The molecule has 10 nitrogen and oxygen atoms in total. The van der Waals surface area contributed by atoms with Crippen molar-refractivity contribution in [3.8, 4) is 22.5 Å². The smallest absolute Gasteiger partial charge is 0.410 e. The molecule has 1 atom stereocenters. The highest BCUT2D eigenvalue weighted by atomic mass is 16.6. The molecule has 2 fully saturated rings. The lowest BCUT2D eigenvalue weighted by Crippen LogP contribution is -2.53. The molecule has 1 spiro atoms. The Kier molecular flexibility index (Phi) is 8.24. The molecule has 2 amide bonds. The molecule has 5 aromatic rings. The Morgan fingerprint density at radius 2 is 1.75 bits per heavy atom. The Labute approximate surface area is 280 Å². The fourth-order valence-corrected chi connectivity index (χ4v) is 6.85. The van der Waals surface area contributed by atoms with Gasteiger partial charge in [0.15, 0.2) is 5.82 Å². The second kappa shape index (κ2) is 12.7. The van der Waals surface area contributed by atoms with Crippen molar-refractivity contribution < 1.29 is 14.3 Å². The normalized spacial score (nSPS) is 16.8. The van der Waals surface area contributed by atoms with Crippen molar-refractivity contribution in [2.75, 3.05) is 17.2 Å². The van der Waals surface area contributed by atoms with Crippen LogP contribution in [-0.2, 0) is 16.1 Å². The van der Waals surface area contributed by atoms with E-state index < -0.39 is 17.7 Å². The Morgan fingerprint density at radius 3 is 2.48 bits per heavy atom. The third-order valence-electron chi connectivity index (χ3n) is 9.20. The molecule has 1 saturated carbocycles. The van der Waals surface area contributed by atoms with Crippen LogP contribution in [0.25, 0.3) is 33.4 Å². The summed E-state index contributed by atoms with van der Waals surface area (Å²) >= 11 is 0. The fourth-order valence-electron chi connectivity index (χ4n) is 6.85. The van der Waals surface area contributed by atoms with Gasteiger partial charge in [0.25, 0.3) is 0 Å². The molecule has 10 heteroatoms. The van der Waals surface area contributed by atoms with Crippen LogP contribution in [0.2, 0.25) is 0 Å². The lowest BCUT2D eigenvalue weighted by Gasteiger charge is -2.43. The molecule has 2 aliphatic rings. The lowest BCUT2D eigenvalue weighted by atomic mass is 9.63. The third-order valence-corrected chi connectivity index (χ3v) is 9.20. The van der Waals surface area contributed by atoms with Crippen LogP contribution in [0, 0.1) is 5.41 Å². The SMILES string of the molecule is CC(C)(C)OC(=O)N1CCC2(CCC2)[C@H]1C(=O)Nc1cncc(-c2nc(NCc3ccccn3)c3c(-c4ccccc4)cccc3n2)c1. The van der Waals surface area contributed by atoms with Crippen LogP contribution in [-0.4, -0.2) is 55.0 Å². The van der Waals surface area contributed by atoms with E-state index >= 15 is 0 Å². The Balaban J connectivity index is 1.21. The monoisotopic (exact) mass is 641 g/mol. The molecule has 3 aromatic heterocycles. The van der Waals surface area contributed by atoms with Crippen molar-refractivity contribution in [1.82, 2.24) is 24.8 Å². The summed E-state index contributed by atoms with van der Waals surface area (Å²) in [7, 11) is 0. The average Bonchev–Trinajstić information content (AvgIpc) is 3.50. The van der Waals surface area contributed by atoms with Gasteiger partial charge in [0.2, 0.25) is 5.91 Å². The van der Waals surface area contributed by atoms with E-state index in [0.717, 1.165) is 53.4 Å². The van der Waals surface area contributed by atoms with Gasteiger partial charge in [-0.05, 0) is 75.4 Å². The third kappa shape index (κ3) is 6.30. The minimum atomic E-state index is -0.654. The Bertz CT molecular complexity index is 1960. The number of hydrogen-bond acceptors (Lipinski definition) is 8. The van der Waals surface area contributed by atoms with Crippen molar-refractivity contribution in [1.29, 1.82) is 0 Å². The number of likely N-dealkylation sites (tertiary alicyclic amines) is 1. The molecule has 244 valence electrons. The molecule has 1 saturated heterocycles. The van der Waals surface area contributed by atoms with E-state index in [2.05, 4.69) is 38.8 Å². The minimum Gasteiger partial charge on any atom is -0.444 e. The van der Waals surface area contributed by atoms with Crippen molar-refractivity contribution in [2.45, 2.75) is 64.6 Å². The zero-order valence-corrected chi connectivity index (χ0v) is 27.4. The topological polar surface area (TPSA) is 122 Å². The number of pyridine rings is 2. The molecule has 0 radical (unpaired) electrons. The van der Waals surface area contributed by atoms with Crippen LogP contribution >= 0.6 is 0 Å². The van der Waals surface area contributed by atoms with Crippen LogP contribution in [0.5, 0.6) is 0 Å². The van der Waals surface area contributed by atoms with Crippen LogP contribution in [0.4, 0.5) is 16.3 Å². The van der Waals surface area contributed by atoms with E-state index in [1.54, 1.807) is 23.5 Å².